The van der Waals surface area contributed by atoms with Gasteiger partial charge in [-0.2, -0.15) is 11.8 Å². The zero-order chi connectivity index (χ0) is 38.8. The van der Waals surface area contributed by atoms with Crippen molar-refractivity contribution in [2.75, 3.05) is 33.3 Å². The predicted molar refractivity (Wildman–Crippen MR) is 209 cm³/mol. The third-order valence-corrected chi connectivity index (χ3v) is 10.2. The van der Waals surface area contributed by atoms with Gasteiger partial charge in [0, 0.05) is 30.7 Å². The molecule has 2 heterocycles. The Labute approximate surface area is 319 Å². The summed E-state index contributed by atoms with van der Waals surface area (Å²) in [6, 6.07) is 11.8. The molecule has 1 amide bonds. The molecule has 0 saturated carbocycles. The lowest BCUT2D eigenvalue weighted by atomic mass is 9.84. The number of esters is 1. The van der Waals surface area contributed by atoms with E-state index in [1.807, 2.05) is 30.5 Å². The van der Waals surface area contributed by atoms with Gasteiger partial charge in [-0.15, -0.1) is 0 Å². The Bertz CT molecular complexity index is 1930. The number of cyclic esters (lactones) is 1. The fraction of sp³-hybridized carbons (Fsp3) is 0.415. The molecule has 13 heteroatoms. The van der Waals surface area contributed by atoms with Crippen LogP contribution in [0, 0.1) is 0 Å². The maximum absolute atomic E-state index is 14.2. The Morgan fingerprint density at radius 3 is 2.46 bits per heavy atom. The largest absolute Gasteiger partial charge is 0.507 e. The number of aromatic amines is 1. The first-order chi connectivity index (χ1) is 26.1. The number of carbonyl (C=O) groups is 3. The molecule has 4 N–H and O–H groups in total. The van der Waals surface area contributed by atoms with Gasteiger partial charge in [-0.05, 0) is 92.5 Å². The van der Waals surface area contributed by atoms with Crippen LogP contribution in [0.25, 0.3) is 17.1 Å². The number of ketones is 1. The number of aromatic hydroxyl groups is 2. The smallest absolute Gasteiger partial charge is 0.342 e. The van der Waals surface area contributed by atoms with Crippen molar-refractivity contribution in [2.45, 2.75) is 76.4 Å². The first-order valence-corrected chi connectivity index (χ1v) is 19.5. The minimum atomic E-state index is -1.02. The third-order valence-electron chi connectivity index (χ3n) is 9.56. The summed E-state index contributed by atoms with van der Waals surface area (Å²) in [7, 11) is 4.40. The number of H-pyrrole nitrogens is 1. The van der Waals surface area contributed by atoms with E-state index in [0.717, 1.165) is 16.8 Å². The minimum Gasteiger partial charge on any atom is -0.507 e. The summed E-state index contributed by atoms with van der Waals surface area (Å²) in [6.45, 7) is 1.74. The molecule has 1 unspecified atom stereocenters. The number of hydrogen-bond donors (Lipinski definition) is 4. The summed E-state index contributed by atoms with van der Waals surface area (Å²) in [6.07, 6.45) is 8.24. The number of hydrogen-bond acceptors (Lipinski definition) is 11. The zero-order valence-corrected chi connectivity index (χ0v) is 32.2. The summed E-state index contributed by atoms with van der Waals surface area (Å²) in [5, 5.41) is 26.9. The zero-order valence-electron chi connectivity index (χ0n) is 31.4. The lowest BCUT2D eigenvalue weighted by molar-refractivity contribution is -0.122. The van der Waals surface area contributed by atoms with Crippen LogP contribution in [0.3, 0.4) is 0 Å². The number of thioether (sulfide) groups is 1. The number of nitrogens with one attached hydrogen (secondary N) is 2. The second-order valence-corrected chi connectivity index (χ2v) is 14.3. The molecule has 1 aliphatic rings. The van der Waals surface area contributed by atoms with Gasteiger partial charge in [0.1, 0.15) is 28.7 Å². The number of imidazole rings is 1. The number of nitrogens with zero attached hydrogens (tertiary/aromatic N) is 1. The van der Waals surface area contributed by atoms with E-state index < -0.39 is 35.7 Å². The number of phenols is 2. The summed E-state index contributed by atoms with van der Waals surface area (Å²) in [4.78, 5) is 48.4. The molecule has 1 aliphatic heterocycles. The number of allylic oxidation sites excluding steroid dienone is 1. The van der Waals surface area contributed by atoms with E-state index in [-0.39, 0.29) is 34.6 Å². The van der Waals surface area contributed by atoms with Crippen LogP contribution in [-0.4, -0.2) is 77.3 Å². The second kappa shape index (κ2) is 18.7. The predicted octanol–water partition coefficient (Wildman–Crippen LogP) is 7.61. The molecule has 0 saturated heterocycles. The third kappa shape index (κ3) is 9.49. The lowest BCUT2D eigenvalue weighted by Gasteiger charge is -2.25. The maximum atomic E-state index is 14.2. The number of phenolic OH excluding ortho intramolecular Hbond substituents is 2. The van der Waals surface area contributed by atoms with Gasteiger partial charge in [0.15, 0.2) is 11.5 Å². The quantitative estimate of drug-likeness (QED) is 0.105. The molecule has 0 spiro atoms. The van der Waals surface area contributed by atoms with E-state index in [1.165, 1.54) is 27.4 Å². The van der Waals surface area contributed by atoms with Crippen LogP contribution in [0.15, 0.2) is 48.5 Å². The normalized spacial score (nSPS) is 17.1. The van der Waals surface area contributed by atoms with E-state index in [1.54, 1.807) is 43.0 Å². The van der Waals surface area contributed by atoms with Gasteiger partial charge in [0.05, 0.1) is 44.5 Å². The average Bonchev–Trinajstić information content (AvgIpc) is 3.59. The van der Waals surface area contributed by atoms with Crippen molar-refractivity contribution in [3.8, 4) is 28.7 Å². The molecule has 5 rings (SSSR count). The van der Waals surface area contributed by atoms with Crippen LogP contribution in [0.4, 0.5) is 0 Å². The fourth-order valence-corrected chi connectivity index (χ4v) is 7.27. The van der Waals surface area contributed by atoms with Crippen molar-refractivity contribution < 1.29 is 43.5 Å². The van der Waals surface area contributed by atoms with Crippen LogP contribution in [-0.2, 0) is 14.3 Å². The van der Waals surface area contributed by atoms with Crippen molar-refractivity contribution in [2.24, 2.45) is 0 Å². The van der Waals surface area contributed by atoms with Crippen LogP contribution in [0.5, 0.6) is 28.7 Å². The second-order valence-electron chi connectivity index (χ2n) is 13.3. The highest BCUT2D eigenvalue weighted by Crippen LogP contribution is 2.48. The number of ether oxygens (including phenoxy) is 4. The van der Waals surface area contributed by atoms with Crippen LogP contribution < -0.4 is 19.5 Å². The number of rotatable bonds is 12. The van der Waals surface area contributed by atoms with E-state index >= 15 is 0 Å². The summed E-state index contributed by atoms with van der Waals surface area (Å²) in [5.74, 6) is -0.646. The van der Waals surface area contributed by atoms with Gasteiger partial charge >= 0.3 is 5.97 Å². The van der Waals surface area contributed by atoms with E-state index in [4.69, 9.17) is 23.9 Å². The van der Waals surface area contributed by atoms with Crippen molar-refractivity contribution in [1.29, 1.82) is 0 Å². The standard InChI is InChI=1S/C41H49N3O9S/c1-24-12-11-15-27(45)14-8-6-7-13-25-20-32(46)37(38(48)36(25)41(49)53-24)28(26-21-33(50-2)39(52-4)34(22-26)51-3)23-35(47)42-31(18-19-54-5)40-43-29-16-9-10-17-30(29)44-40/h7,9-10,13,16-17,20-22,24,28,31,46,48H,6,8,11-12,14-15,18-19,23H2,1-5H3,(H,42,47)(H,43,44)/b13-7+/t24-,28?,31-/m0/s1. The highest BCUT2D eigenvalue weighted by Gasteiger charge is 2.33. The topological polar surface area (TPSA) is 169 Å². The molecular formula is C41H49N3O9S. The number of methoxy groups -OCH3 is 3. The van der Waals surface area contributed by atoms with Gasteiger partial charge in [0.25, 0.3) is 0 Å². The number of carbonyl (C=O) groups excluding carboxylic acids is 3. The number of aromatic nitrogens is 2. The van der Waals surface area contributed by atoms with Crippen molar-refractivity contribution >= 4 is 46.5 Å². The molecule has 3 atom stereocenters. The molecular weight excluding hydrogens is 711 g/mol. The monoisotopic (exact) mass is 759 g/mol. The molecule has 12 nitrogen and oxygen atoms in total. The molecule has 0 bridgehead atoms. The number of amides is 1. The van der Waals surface area contributed by atoms with Crippen LogP contribution >= 0.6 is 11.8 Å². The number of para-hydroxylation sites is 2. The SMILES string of the molecule is COc1cc(C(CC(=O)N[C@@H](CCSC)c2nc3ccccc3[nH]2)c2c(O)cc3c(c2O)C(=O)O[C@@H](C)CCCC(=O)CCC/C=C/3)cc(OC)c1OC. The first kappa shape index (κ1) is 40.0. The van der Waals surface area contributed by atoms with Crippen molar-refractivity contribution in [3.63, 3.8) is 0 Å². The molecule has 0 aliphatic carbocycles. The van der Waals surface area contributed by atoms with Gasteiger partial charge < -0.3 is 39.5 Å². The summed E-state index contributed by atoms with van der Waals surface area (Å²) >= 11 is 1.64. The Morgan fingerprint density at radius 2 is 1.78 bits per heavy atom. The van der Waals surface area contributed by atoms with Gasteiger partial charge in [-0.1, -0.05) is 24.3 Å². The molecule has 0 fully saturated rings. The van der Waals surface area contributed by atoms with E-state index in [9.17, 15) is 24.6 Å². The Kier molecular flexibility index (Phi) is 13.9. The highest BCUT2D eigenvalue weighted by molar-refractivity contribution is 7.98. The van der Waals surface area contributed by atoms with Crippen LogP contribution in [0.1, 0.15) is 103 Å². The maximum Gasteiger partial charge on any atom is 0.342 e. The Morgan fingerprint density at radius 1 is 1.06 bits per heavy atom. The Hall–Kier alpha value is -5.17. The lowest BCUT2D eigenvalue weighted by Crippen LogP contribution is -2.31. The van der Waals surface area contributed by atoms with Crippen molar-refractivity contribution in [3.05, 3.63) is 76.6 Å². The first-order valence-electron chi connectivity index (χ1n) is 18.1. The van der Waals surface area contributed by atoms with Gasteiger partial charge in [-0.3, -0.25) is 9.59 Å². The van der Waals surface area contributed by atoms with E-state index in [0.29, 0.717) is 73.6 Å². The molecule has 54 heavy (non-hydrogen) atoms. The number of Topliss-reactive ketones (excluding diaryl/α,β-unsaturated/α-hetero) is 1. The van der Waals surface area contributed by atoms with E-state index in [2.05, 4.69) is 10.3 Å². The molecule has 3 aromatic carbocycles. The van der Waals surface area contributed by atoms with Crippen LogP contribution in [0.2, 0.25) is 0 Å². The summed E-state index contributed by atoms with van der Waals surface area (Å²) in [5.41, 5.74) is 2.11. The van der Waals surface area contributed by atoms with Gasteiger partial charge in [0.2, 0.25) is 11.7 Å². The molecule has 288 valence electrons. The fourth-order valence-electron chi connectivity index (χ4n) is 6.80. The molecule has 0 radical (unpaired) electrons. The van der Waals surface area contributed by atoms with Gasteiger partial charge in [-0.25, -0.2) is 9.78 Å². The highest BCUT2D eigenvalue weighted by atomic mass is 32.2. The Balaban J connectivity index is 1.62. The number of benzene rings is 3. The molecule has 4 aromatic rings. The number of fused-ring (bicyclic) bond motifs is 2. The summed E-state index contributed by atoms with van der Waals surface area (Å²) < 4.78 is 22.6. The molecule has 1 aromatic heterocycles. The van der Waals surface area contributed by atoms with Crippen molar-refractivity contribution in [1.82, 2.24) is 15.3 Å². The average molecular weight is 760 g/mol. The minimum absolute atomic E-state index is 0.0488.